The summed E-state index contributed by atoms with van der Waals surface area (Å²) in [5.74, 6) is -1.31. The van der Waals surface area contributed by atoms with Gasteiger partial charge < -0.3 is 37.5 Å². The number of nitriles is 1. The predicted molar refractivity (Wildman–Crippen MR) is 111 cm³/mol. The molecule has 3 rings (SSSR count). The van der Waals surface area contributed by atoms with Crippen LogP contribution in [0.15, 0.2) is 47.5 Å². The molecule has 0 fully saturated rings. The smallest absolute Gasteiger partial charge is 0.337 e. The van der Waals surface area contributed by atoms with E-state index in [1.54, 1.807) is 24.3 Å². The summed E-state index contributed by atoms with van der Waals surface area (Å²) < 4.78 is 11.2. The summed E-state index contributed by atoms with van der Waals surface area (Å²) in [6, 6.07) is 11.9. The van der Waals surface area contributed by atoms with Gasteiger partial charge in [-0.3, -0.25) is 0 Å². The minimum Gasteiger partial charge on any atom is -0.478 e. The number of benzene rings is 2. The number of hydrogen-bond acceptors (Lipinski definition) is 9. The van der Waals surface area contributed by atoms with Crippen LogP contribution in [0.2, 0.25) is 0 Å². The van der Waals surface area contributed by atoms with E-state index in [4.69, 9.17) is 37.7 Å². The third-order valence-electron chi connectivity index (χ3n) is 3.76. The largest absolute Gasteiger partial charge is 0.478 e. The number of anilines is 2. The number of hydrogen-bond donors (Lipinski definition) is 5. The van der Waals surface area contributed by atoms with Gasteiger partial charge in [-0.25, -0.2) is 9.79 Å². The van der Waals surface area contributed by atoms with Gasteiger partial charge in [-0.05, 0) is 30.3 Å². The van der Waals surface area contributed by atoms with E-state index in [1.807, 2.05) is 0 Å². The Labute approximate surface area is 175 Å². The minimum absolute atomic E-state index is 0.0281. The Hall–Kier alpha value is -5.05. The maximum Gasteiger partial charge on any atom is 0.337 e. The van der Waals surface area contributed by atoms with E-state index in [1.165, 1.54) is 18.2 Å². The Morgan fingerprint density at radius 1 is 1.06 bits per heavy atom. The summed E-state index contributed by atoms with van der Waals surface area (Å²) in [6.45, 7) is 0. The molecule has 2 aromatic carbocycles. The molecule has 0 atom stereocenters. The van der Waals surface area contributed by atoms with Crippen molar-refractivity contribution in [2.24, 2.45) is 16.5 Å². The molecule has 0 aliphatic heterocycles. The molecule has 31 heavy (non-hydrogen) atoms. The maximum atomic E-state index is 11.3. The van der Waals surface area contributed by atoms with Gasteiger partial charge in [0.15, 0.2) is 11.8 Å². The first kappa shape index (κ1) is 20.7. The highest BCUT2D eigenvalue weighted by atomic mass is 16.5. The summed E-state index contributed by atoms with van der Waals surface area (Å²) in [5, 5.41) is 18.3. The number of aliphatic imine (C=N–C) groups is 1. The van der Waals surface area contributed by atoms with E-state index < -0.39 is 5.97 Å². The molecule has 0 aliphatic carbocycles. The van der Waals surface area contributed by atoms with Crippen molar-refractivity contribution in [1.29, 1.82) is 5.26 Å². The third-order valence-corrected chi connectivity index (χ3v) is 3.76. The molecule has 3 aromatic rings. The van der Waals surface area contributed by atoms with Crippen LogP contribution in [-0.2, 0) is 0 Å². The summed E-state index contributed by atoms with van der Waals surface area (Å²) in [5.41, 5.74) is 22.5. The maximum absolute atomic E-state index is 11.3. The molecule has 0 radical (unpaired) electrons. The normalized spacial score (nSPS) is 10.0. The predicted octanol–water partition coefficient (Wildman–Crippen LogP) is 1.70. The monoisotopic (exact) mass is 420 g/mol. The van der Waals surface area contributed by atoms with Gasteiger partial charge >= 0.3 is 12.0 Å². The Balaban J connectivity index is 1.92. The zero-order valence-corrected chi connectivity index (χ0v) is 15.8. The number of guanidine groups is 1. The van der Waals surface area contributed by atoms with E-state index in [0.717, 1.165) is 6.07 Å². The number of carbonyl (C=O) groups is 1. The SMILES string of the molecule is N#Cc1ccc(Oc2nc(Oc3cccc(N=C(N)N)c3)nc(N)c2N)cc1C(=O)O. The molecule has 0 spiro atoms. The Morgan fingerprint density at radius 2 is 1.81 bits per heavy atom. The van der Waals surface area contributed by atoms with Crippen molar-refractivity contribution in [1.82, 2.24) is 9.97 Å². The van der Waals surface area contributed by atoms with Crippen molar-refractivity contribution in [3.05, 3.63) is 53.6 Å². The number of ether oxygens (including phenoxy) is 2. The molecule has 0 aliphatic rings. The van der Waals surface area contributed by atoms with Gasteiger partial charge in [0.25, 0.3) is 5.88 Å². The van der Waals surface area contributed by atoms with E-state index in [2.05, 4.69) is 15.0 Å². The molecule has 0 saturated heterocycles. The number of carboxylic acid groups (broad SMARTS) is 1. The molecule has 156 valence electrons. The number of aromatic nitrogens is 2. The number of nitrogen functional groups attached to an aromatic ring is 2. The fourth-order valence-electron chi connectivity index (χ4n) is 2.41. The zero-order valence-electron chi connectivity index (χ0n) is 15.8. The fourth-order valence-corrected chi connectivity index (χ4v) is 2.41. The Bertz CT molecular complexity index is 1230. The highest BCUT2D eigenvalue weighted by Crippen LogP contribution is 2.33. The summed E-state index contributed by atoms with van der Waals surface area (Å²) >= 11 is 0. The molecule has 0 unspecified atom stereocenters. The second-order valence-electron chi connectivity index (χ2n) is 5.97. The van der Waals surface area contributed by atoms with Crippen LogP contribution in [0.4, 0.5) is 17.2 Å². The fraction of sp³-hybridized carbons (Fsp3) is 0. The van der Waals surface area contributed by atoms with Crippen LogP contribution in [0.5, 0.6) is 23.4 Å². The van der Waals surface area contributed by atoms with E-state index in [-0.39, 0.29) is 46.2 Å². The minimum atomic E-state index is -1.29. The van der Waals surface area contributed by atoms with Crippen LogP contribution >= 0.6 is 0 Å². The van der Waals surface area contributed by atoms with E-state index in [9.17, 15) is 9.90 Å². The third kappa shape index (κ3) is 4.87. The van der Waals surface area contributed by atoms with Crippen molar-refractivity contribution >= 4 is 29.1 Å². The van der Waals surface area contributed by atoms with Crippen LogP contribution in [0.1, 0.15) is 15.9 Å². The summed E-state index contributed by atoms with van der Waals surface area (Å²) in [4.78, 5) is 23.3. The van der Waals surface area contributed by atoms with Gasteiger partial charge in [0, 0.05) is 6.07 Å². The molecule has 9 N–H and O–H groups in total. The topological polar surface area (TPSA) is 222 Å². The lowest BCUT2D eigenvalue weighted by Gasteiger charge is -2.12. The molecule has 0 amide bonds. The Kier molecular flexibility index (Phi) is 5.69. The summed E-state index contributed by atoms with van der Waals surface area (Å²) in [6.07, 6.45) is 0. The average Bonchev–Trinajstić information content (AvgIpc) is 2.71. The molecule has 12 heteroatoms. The highest BCUT2D eigenvalue weighted by Gasteiger charge is 2.16. The zero-order chi connectivity index (χ0) is 22.5. The molecular formula is C19H16N8O4. The van der Waals surface area contributed by atoms with E-state index in [0.29, 0.717) is 11.4 Å². The van der Waals surface area contributed by atoms with Crippen LogP contribution < -0.4 is 32.4 Å². The number of carboxylic acids is 1. The first-order valence-electron chi connectivity index (χ1n) is 8.52. The van der Waals surface area contributed by atoms with Crippen LogP contribution in [0, 0.1) is 11.3 Å². The van der Waals surface area contributed by atoms with Gasteiger partial charge in [-0.15, -0.1) is 0 Å². The van der Waals surface area contributed by atoms with E-state index >= 15 is 0 Å². The van der Waals surface area contributed by atoms with Crippen molar-refractivity contribution in [2.75, 3.05) is 11.5 Å². The van der Waals surface area contributed by atoms with Crippen molar-refractivity contribution in [3.8, 4) is 29.5 Å². The number of nitrogens with zero attached hydrogens (tertiary/aromatic N) is 4. The standard InChI is InChI=1S/C19H16N8O4/c20-8-9-4-5-12(7-13(9)17(28)29)30-16-14(21)15(22)26-19(27-16)31-11-3-1-2-10(6-11)25-18(23)24/h1-7H,21H2,(H,28,29)(H2,22,26,27)(H4,23,24,25). The molecule has 12 nitrogen and oxygen atoms in total. The quantitative estimate of drug-likeness (QED) is 0.285. The molecule has 1 aromatic heterocycles. The molecular weight excluding hydrogens is 404 g/mol. The lowest BCUT2D eigenvalue weighted by atomic mass is 10.1. The van der Waals surface area contributed by atoms with Gasteiger partial charge in [-0.2, -0.15) is 15.2 Å². The van der Waals surface area contributed by atoms with Crippen LogP contribution in [-0.4, -0.2) is 27.0 Å². The number of rotatable bonds is 6. The van der Waals surface area contributed by atoms with Gasteiger partial charge in [0.2, 0.25) is 0 Å². The lowest BCUT2D eigenvalue weighted by Crippen LogP contribution is -2.21. The van der Waals surface area contributed by atoms with Crippen molar-refractivity contribution < 1.29 is 19.4 Å². The van der Waals surface area contributed by atoms with Gasteiger partial charge in [0.1, 0.15) is 23.3 Å². The molecule has 0 bridgehead atoms. The van der Waals surface area contributed by atoms with Crippen LogP contribution in [0.25, 0.3) is 0 Å². The number of aromatic carboxylic acids is 1. The first-order valence-corrected chi connectivity index (χ1v) is 8.52. The lowest BCUT2D eigenvalue weighted by molar-refractivity contribution is 0.0696. The molecule has 0 saturated carbocycles. The Morgan fingerprint density at radius 3 is 2.48 bits per heavy atom. The van der Waals surface area contributed by atoms with Crippen LogP contribution in [0.3, 0.4) is 0 Å². The highest BCUT2D eigenvalue weighted by molar-refractivity contribution is 5.91. The van der Waals surface area contributed by atoms with Crippen molar-refractivity contribution in [2.45, 2.75) is 0 Å². The summed E-state index contributed by atoms with van der Waals surface area (Å²) in [7, 11) is 0. The van der Waals surface area contributed by atoms with Gasteiger partial charge in [-0.1, -0.05) is 6.07 Å². The second-order valence-corrected chi connectivity index (χ2v) is 5.97. The van der Waals surface area contributed by atoms with Gasteiger partial charge in [0.05, 0.1) is 16.8 Å². The molecule has 1 heterocycles. The first-order chi connectivity index (χ1) is 14.8. The number of nitrogens with two attached hydrogens (primary N) is 4. The van der Waals surface area contributed by atoms with Crippen molar-refractivity contribution in [3.63, 3.8) is 0 Å². The average molecular weight is 420 g/mol. The second kappa shape index (κ2) is 8.53.